The highest BCUT2D eigenvalue weighted by atomic mass is 32.7. The Balaban J connectivity index is 0.872. The Kier molecular flexibility index (Phi) is 16.1. The lowest BCUT2D eigenvalue weighted by Gasteiger charge is -2.26. The van der Waals surface area contributed by atoms with E-state index in [0.29, 0.717) is 0 Å². The molecular weight excluding hydrogens is 1140 g/mol. The number of anilines is 3. The van der Waals surface area contributed by atoms with E-state index in [0.717, 1.165) is 18.0 Å². The number of nitrogens with two attached hydrogens (primary N) is 2. The summed E-state index contributed by atoms with van der Waals surface area (Å²) in [5.74, 6) is -0.893. The van der Waals surface area contributed by atoms with Crippen LogP contribution in [0.5, 0.6) is 0 Å². The Morgan fingerprint density at radius 2 is 1.38 bits per heavy atom. The predicted molar refractivity (Wildman–Crippen MR) is 255 cm³/mol. The molecule has 422 valence electrons. The zero-order valence-electron chi connectivity index (χ0n) is 39.8. The minimum absolute atomic E-state index is 0.00316. The molecular formula is C34H48N15O23P4S+. The number of rotatable bonds is 21. The van der Waals surface area contributed by atoms with Gasteiger partial charge in [0.15, 0.2) is 41.4 Å². The van der Waals surface area contributed by atoms with E-state index in [2.05, 4.69) is 53.8 Å². The normalized spacial score (nSPS) is 30.0. The number of nitrogen functional groups attached to an aromatic ring is 2. The van der Waals surface area contributed by atoms with E-state index in [1.54, 1.807) is 7.05 Å². The molecule has 3 aliphatic heterocycles. The van der Waals surface area contributed by atoms with E-state index < -0.39 is 134 Å². The quantitative estimate of drug-likeness (QED) is 0.0254. The number of nitrogens with zero attached hydrogens (tertiary/aromatic N) is 10. The van der Waals surface area contributed by atoms with Gasteiger partial charge < -0.3 is 75.4 Å². The SMILES string of the molecule is CNc1ncnc2c1ncn2[C@@H]1O[C@H](COP(=O)(O)OP(=O)(O)OP(=O)(O)SC[C@H]2O[C@@H]([n+]3cn(C)c4c(=O)[nH]c(N)nc43)[C@@H](O)C2OC)[C@H](OP(=O)(O)OC[C@H]2O[C@@H](n3cnc4c(=O)[nH]c(N)nc43)[C@@H](O)C2O)C1OC. The van der Waals surface area contributed by atoms with Crippen molar-refractivity contribution in [1.29, 1.82) is 0 Å². The van der Waals surface area contributed by atoms with Gasteiger partial charge in [-0.2, -0.15) is 13.6 Å². The molecule has 7 unspecified atom stereocenters. The first-order chi connectivity index (χ1) is 36.2. The molecule has 0 aromatic carbocycles. The van der Waals surface area contributed by atoms with Crippen LogP contribution in [-0.2, 0) is 71.2 Å². The van der Waals surface area contributed by atoms with Crippen LogP contribution in [-0.4, -0.2) is 184 Å². The molecule has 6 aromatic rings. The molecule has 0 radical (unpaired) electrons. The summed E-state index contributed by atoms with van der Waals surface area (Å²) in [5.41, 5.74) is 10.1. The van der Waals surface area contributed by atoms with E-state index >= 15 is 0 Å². The Labute approximate surface area is 432 Å². The minimum atomic E-state index is -6.07. The summed E-state index contributed by atoms with van der Waals surface area (Å²) < 4.78 is 112. The number of aliphatic hydroxyl groups is 3. The van der Waals surface area contributed by atoms with E-state index in [4.69, 9.17) is 48.7 Å². The van der Waals surface area contributed by atoms with E-state index in [9.17, 15) is 62.7 Å². The Hall–Kier alpha value is -4.76. The van der Waals surface area contributed by atoms with Crippen molar-refractivity contribution in [3.63, 3.8) is 0 Å². The van der Waals surface area contributed by atoms with Crippen LogP contribution in [0.15, 0.2) is 34.9 Å². The number of fused-ring (bicyclic) bond motifs is 3. The van der Waals surface area contributed by atoms with Crippen molar-refractivity contribution in [2.24, 2.45) is 7.05 Å². The zero-order chi connectivity index (χ0) is 55.7. The topological polar surface area (TPSA) is 528 Å². The second kappa shape index (κ2) is 21.7. The highest BCUT2D eigenvalue weighted by molar-refractivity contribution is 8.55. The maximum Gasteiger partial charge on any atom is 0.488 e. The first-order valence-corrected chi connectivity index (χ1v) is 29.7. The van der Waals surface area contributed by atoms with Gasteiger partial charge in [0.05, 0.1) is 32.9 Å². The van der Waals surface area contributed by atoms with Gasteiger partial charge in [0, 0.05) is 27.0 Å². The summed E-state index contributed by atoms with van der Waals surface area (Å²) >= 11 is -0.0279. The molecule has 16 atom stereocenters. The van der Waals surface area contributed by atoms with E-state index in [1.807, 2.05) is 0 Å². The smallest absolute Gasteiger partial charge is 0.387 e. The fourth-order valence-electron chi connectivity index (χ4n) is 8.73. The first kappa shape index (κ1) is 56.9. The average molecular weight is 1190 g/mol. The van der Waals surface area contributed by atoms with Crippen molar-refractivity contribution in [3.05, 3.63) is 46.0 Å². The molecule has 38 nitrogen and oxygen atoms in total. The molecule has 0 spiro atoms. The van der Waals surface area contributed by atoms with Crippen LogP contribution in [0.4, 0.5) is 17.7 Å². The van der Waals surface area contributed by atoms with Gasteiger partial charge in [0.1, 0.15) is 66.8 Å². The van der Waals surface area contributed by atoms with Crippen LogP contribution >= 0.6 is 41.6 Å². The van der Waals surface area contributed by atoms with Gasteiger partial charge in [-0.25, -0.2) is 42.8 Å². The lowest BCUT2D eigenvalue weighted by Crippen LogP contribution is -2.46. The highest BCUT2D eigenvalue weighted by Gasteiger charge is 2.54. The number of aromatic amines is 2. The maximum atomic E-state index is 13.8. The molecule has 14 N–H and O–H groups in total. The Bertz CT molecular complexity index is 3510. The van der Waals surface area contributed by atoms with Crippen LogP contribution in [0, 0.1) is 0 Å². The van der Waals surface area contributed by atoms with Crippen molar-refractivity contribution in [1.82, 2.24) is 53.6 Å². The third-order valence-electron chi connectivity index (χ3n) is 12.0. The van der Waals surface area contributed by atoms with Crippen LogP contribution in [0.25, 0.3) is 33.5 Å². The number of phosphoric ester groups is 2. The minimum Gasteiger partial charge on any atom is -0.387 e. The third kappa shape index (κ3) is 11.5. The molecule has 9 rings (SSSR count). The van der Waals surface area contributed by atoms with Gasteiger partial charge in [0.25, 0.3) is 17.1 Å². The monoisotopic (exact) mass is 1190 g/mol. The second-order valence-electron chi connectivity index (χ2n) is 16.9. The van der Waals surface area contributed by atoms with E-state index in [1.165, 1.54) is 46.8 Å². The number of hydrogen-bond acceptors (Lipinski definition) is 29. The van der Waals surface area contributed by atoms with Crippen molar-refractivity contribution in [2.45, 2.75) is 73.6 Å². The fraction of sp³-hybridized carbons (Fsp3) is 0.559. The van der Waals surface area contributed by atoms with Crippen LogP contribution in [0.3, 0.4) is 0 Å². The molecule has 0 amide bonds. The Morgan fingerprint density at radius 3 is 2.08 bits per heavy atom. The molecule has 77 heavy (non-hydrogen) atoms. The molecule has 0 aliphatic carbocycles. The van der Waals surface area contributed by atoms with E-state index in [-0.39, 0.29) is 62.6 Å². The fourth-order valence-corrected chi connectivity index (χ4v) is 15.7. The van der Waals surface area contributed by atoms with Crippen molar-refractivity contribution in [2.75, 3.05) is 57.0 Å². The molecule has 0 bridgehead atoms. The predicted octanol–water partition coefficient (Wildman–Crippen LogP) is -2.88. The number of phosphoric acid groups is 3. The molecule has 43 heteroatoms. The summed E-state index contributed by atoms with van der Waals surface area (Å²) in [7, 11) is -12.0. The largest absolute Gasteiger partial charge is 0.488 e. The molecule has 3 aliphatic rings. The lowest BCUT2D eigenvalue weighted by molar-refractivity contribution is -0.745. The number of methoxy groups -OCH3 is 2. The molecule has 6 aromatic heterocycles. The van der Waals surface area contributed by atoms with Gasteiger partial charge in [-0.05, 0) is 11.4 Å². The Morgan fingerprint density at radius 1 is 0.740 bits per heavy atom. The number of ether oxygens (including phenoxy) is 5. The van der Waals surface area contributed by atoms with Gasteiger partial charge in [-0.15, -0.1) is 0 Å². The lowest BCUT2D eigenvalue weighted by atomic mass is 10.1. The molecule has 3 saturated heterocycles. The summed E-state index contributed by atoms with van der Waals surface area (Å²) in [6.07, 6.45) is -13.7. The number of aliphatic hydroxyl groups excluding tert-OH is 3. The number of imidazole rings is 3. The summed E-state index contributed by atoms with van der Waals surface area (Å²) in [4.78, 5) is 97.1. The molecule has 3 fully saturated rings. The van der Waals surface area contributed by atoms with Gasteiger partial charge in [-0.1, -0.05) is 4.98 Å². The first-order valence-electron chi connectivity index (χ1n) is 22.0. The number of hydrogen-bond donors (Lipinski definition) is 12. The van der Waals surface area contributed by atoms with Crippen molar-refractivity contribution in [3.8, 4) is 0 Å². The van der Waals surface area contributed by atoms with Gasteiger partial charge in [0.2, 0.25) is 17.7 Å². The summed E-state index contributed by atoms with van der Waals surface area (Å²) in [6, 6.07) is 0. The van der Waals surface area contributed by atoms with Crippen molar-refractivity contribution < 1.29 is 104 Å². The summed E-state index contributed by atoms with van der Waals surface area (Å²) in [5, 5.41) is 35.8. The number of nitrogens with one attached hydrogen (secondary N) is 3. The second-order valence-corrected chi connectivity index (χ2v) is 25.4. The van der Waals surface area contributed by atoms with Crippen LogP contribution in [0.2, 0.25) is 0 Å². The maximum absolute atomic E-state index is 13.8. The standard InChI is InChI=1S/C34H47N15O23P4S/c1-37-24-15-25(39-8-38-24)47(9-40-15)32-23(64-4)22(70-73(55,56)65-5-12-18(50)19(51)30(67-12)48-10-41-16-26(48)42-33(35)44-28(16)53)13(68-32)6-66-74(57,58)71-75(59,60)72-76(61,62)77-7-14-21(63-3)20(52)31(69-14)49-11-46(2)17-27(49)43-34(36)45-29(17)54/h8-14,18-23,30-32,50-52H,5-7H2,1-4H3,(H10-,35,36,37,38,39,42,43,44,45,53,54,55,56,57,58,59,60,61,62)/p+1/t12-,13-,14-,18?,19+,20+,21?,22+,23?,30-,31-,32-/m1/s1. The average Bonchev–Trinajstić information content (AvgIpc) is 4.21. The number of H-pyrrole nitrogens is 2. The highest BCUT2D eigenvalue weighted by Crippen LogP contribution is 2.71. The third-order valence-corrected chi connectivity index (χ3v) is 19.6. The molecule has 9 heterocycles. The number of aromatic nitrogens is 12. The number of aryl methyl sites for hydroxylation is 1. The van der Waals surface area contributed by atoms with Crippen molar-refractivity contribution >= 4 is 92.9 Å². The van der Waals surface area contributed by atoms with Crippen LogP contribution in [0.1, 0.15) is 18.7 Å². The molecule has 0 saturated carbocycles. The summed E-state index contributed by atoms with van der Waals surface area (Å²) in [6.45, 7) is -7.55. The van der Waals surface area contributed by atoms with Gasteiger partial charge >= 0.3 is 35.9 Å². The van der Waals surface area contributed by atoms with Gasteiger partial charge in [-0.3, -0.25) is 46.8 Å². The van der Waals surface area contributed by atoms with Crippen LogP contribution < -0.4 is 32.5 Å². The zero-order valence-corrected chi connectivity index (χ0v) is 44.2.